The number of piperidine rings is 1. The molecule has 1 aliphatic rings. The second-order valence-corrected chi connectivity index (χ2v) is 4.79. The highest BCUT2D eigenvalue weighted by atomic mass is 16.6. The van der Waals surface area contributed by atoms with Gasteiger partial charge in [0.1, 0.15) is 12.5 Å². The van der Waals surface area contributed by atoms with E-state index in [-0.39, 0.29) is 19.6 Å². The first kappa shape index (κ1) is 14.3. The van der Waals surface area contributed by atoms with E-state index in [1.54, 1.807) is 0 Å². The molecule has 0 saturated carbocycles. The Balaban J connectivity index is 1.88. The normalized spacial score (nSPS) is 22.4. The highest BCUT2D eigenvalue weighted by molar-refractivity contribution is 5.73. The predicted octanol–water partition coefficient (Wildman–Crippen LogP) is 1.09. The van der Waals surface area contributed by atoms with E-state index in [0.717, 1.165) is 5.56 Å². The SMILES string of the molecule is O=C(O)[C@H]1CN(C(=O)OCc2ccccc2)CC[C@H]1O. The Bertz CT molecular complexity index is 476. The van der Waals surface area contributed by atoms with Gasteiger partial charge < -0.3 is 19.8 Å². The molecule has 0 bridgehead atoms. The molecule has 1 saturated heterocycles. The summed E-state index contributed by atoms with van der Waals surface area (Å²) in [7, 11) is 0. The summed E-state index contributed by atoms with van der Waals surface area (Å²) < 4.78 is 5.14. The minimum atomic E-state index is -1.10. The van der Waals surface area contributed by atoms with Gasteiger partial charge in [0.15, 0.2) is 0 Å². The highest BCUT2D eigenvalue weighted by Gasteiger charge is 2.35. The first-order chi connectivity index (χ1) is 9.58. The molecule has 2 N–H and O–H groups in total. The van der Waals surface area contributed by atoms with Gasteiger partial charge in [0.25, 0.3) is 0 Å². The smallest absolute Gasteiger partial charge is 0.410 e. The van der Waals surface area contributed by atoms with E-state index in [9.17, 15) is 14.7 Å². The Morgan fingerprint density at radius 3 is 2.65 bits per heavy atom. The van der Waals surface area contributed by atoms with Crippen LogP contribution in [0.4, 0.5) is 4.79 Å². The van der Waals surface area contributed by atoms with Crippen LogP contribution in [0.25, 0.3) is 0 Å². The lowest BCUT2D eigenvalue weighted by Crippen LogP contribution is -2.48. The summed E-state index contributed by atoms with van der Waals surface area (Å²) in [5.74, 6) is -2.05. The molecule has 0 aromatic heterocycles. The van der Waals surface area contributed by atoms with Crippen molar-refractivity contribution < 1.29 is 24.5 Å². The fourth-order valence-corrected chi connectivity index (χ4v) is 2.16. The second kappa shape index (κ2) is 6.38. The fourth-order valence-electron chi connectivity index (χ4n) is 2.16. The van der Waals surface area contributed by atoms with Crippen LogP contribution >= 0.6 is 0 Å². The molecule has 1 fully saturated rings. The number of carboxylic acids is 1. The number of amides is 1. The second-order valence-electron chi connectivity index (χ2n) is 4.79. The molecule has 6 heteroatoms. The minimum absolute atomic E-state index is 0.0237. The van der Waals surface area contributed by atoms with Crippen molar-refractivity contribution in [3.05, 3.63) is 35.9 Å². The molecule has 6 nitrogen and oxygen atoms in total. The number of carboxylic acid groups (broad SMARTS) is 1. The fraction of sp³-hybridized carbons (Fsp3) is 0.429. The molecular weight excluding hydrogens is 262 g/mol. The summed E-state index contributed by atoms with van der Waals surface area (Å²) >= 11 is 0. The van der Waals surface area contributed by atoms with E-state index in [1.807, 2.05) is 30.3 Å². The zero-order valence-corrected chi connectivity index (χ0v) is 10.9. The maximum absolute atomic E-state index is 11.9. The predicted molar refractivity (Wildman–Crippen MR) is 69.9 cm³/mol. The van der Waals surface area contributed by atoms with Crippen LogP contribution in [-0.2, 0) is 16.1 Å². The largest absolute Gasteiger partial charge is 0.481 e. The van der Waals surface area contributed by atoms with Crippen LogP contribution in [0.2, 0.25) is 0 Å². The Hall–Kier alpha value is -2.08. The van der Waals surface area contributed by atoms with E-state index in [0.29, 0.717) is 6.54 Å². The summed E-state index contributed by atoms with van der Waals surface area (Å²) in [6.45, 7) is 0.430. The molecule has 2 atom stereocenters. The molecule has 1 heterocycles. The molecule has 1 aromatic carbocycles. The van der Waals surface area contributed by atoms with E-state index in [2.05, 4.69) is 0 Å². The maximum Gasteiger partial charge on any atom is 0.410 e. The summed E-state index contributed by atoms with van der Waals surface area (Å²) in [6, 6.07) is 9.25. The summed E-state index contributed by atoms with van der Waals surface area (Å²) in [6.07, 6.45) is -1.21. The van der Waals surface area contributed by atoms with Crippen LogP contribution in [0, 0.1) is 5.92 Å². The number of hydrogen-bond acceptors (Lipinski definition) is 4. The Labute approximate surface area is 116 Å². The maximum atomic E-state index is 11.9. The van der Waals surface area contributed by atoms with Crippen LogP contribution in [0.1, 0.15) is 12.0 Å². The van der Waals surface area contributed by atoms with Crippen molar-refractivity contribution in [2.45, 2.75) is 19.1 Å². The van der Waals surface area contributed by atoms with Gasteiger partial charge in [0.05, 0.1) is 6.10 Å². The number of benzene rings is 1. The van der Waals surface area contributed by atoms with Gasteiger partial charge in [-0.1, -0.05) is 30.3 Å². The molecule has 0 radical (unpaired) electrons. The third kappa shape index (κ3) is 3.48. The Morgan fingerprint density at radius 1 is 1.30 bits per heavy atom. The Morgan fingerprint density at radius 2 is 2.00 bits per heavy atom. The molecule has 20 heavy (non-hydrogen) atoms. The van der Waals surface area contributed by atoms with Crippen molar-refractivity contribution >= 4 is 12.1 Å². The number of nitrogens with zero attached hydrogens (tertiary/aromatic N) is 1. The third-order valence-electron chi connectivity index (χ3n) is 3.36. The van der Waals surface area contributed by atoms with Gasteiger partial charge in [0.2, 0.25) is 0 Å². The highest BCUT2D eigenvalue weighted by Crippen LogP contribution is 2.18. The molecule has 2 rings (SSSR count). The number of aliphatic hydroxyl groups excluding tert-OH is 1. The Kier molecular flexibility index (Phi) is 4.57. The topological polar surface area (TPSA) is 87.1 Å². The first-order valence-electron chi connectivity index (χ1n) is 6.44. The van der Waals surface area contributed by atoms with Crippen LogP contribution in [0.3, 0.4) is 0 Å². The van der Waals surface area contributed by atoms with Gasteiger partial charge in [-0.2, -0.15) is 0 Å². The molecule has 0 spiro atoms. The summed E-state index contributed by atoms with van der Waals surface area (Å²) in [5, 5.41) is 18.6. The van der Waals surface area contributed by atoms with Gasteiger partial charge in [-0.05, 0) is 12.0 Å². The van der Waals surface area contributed by atoms with Crippen molar-refractivity contribution in [1.29, 1.82) is 0 Å². The van der Waals surface area contributed by atoms with Crippen molar-refractivity contribution in [3.63, 3.8) is 0 Å². The van der Waals surface area contributed by atoms with Crippen LogP contribution in [-0.4, -0.2) is 46.4 Å². The van der Waals surface area contributed by atoms with Crippen molar-refractivity contribution in [1.82, 2.24) is 4.90 Å². The van der Waals surface area contributed by atoms with Gasteiger partial charge in [-0.3, -0.25) is 4.79 Å². The van der Waals surface area contributed by atoms with Crippen LogP contribution in [0.5, 0.6) is 0 Å². The summed E-state index contributed by atoms with van der Waals surface area (Å²) in [4.78, 5) is 24.2. The number of aliphatic hydroxyl groups is 1. The third-order valence-corrected chi connectivity index (χ3v) is 3.36. The monoisotopic (exact) mass is 279 g/mol. The lowest BCUT2D eigenvalue weighted by Gasteiger charge is -2.33. The van der Waals surface area contributed by atoms with Crippen LogP contribution in [0.15, 0.2) is 30.3 Å². The molecule has 108 valence electrons. The number of carbonyl (C=O) groups is 2. The number of carbonyl (C=O) groups excluding carboxylic acids is 1. The zero-order valence-electron chi connectivity index (χ0n) is 10.9. The standard InChI is InChI=1S/C14H17NO5/c16-12-6-7-15(8-11(12)13(17)18)14(19)20-9-10-4-2-1-3-5-10/h1-5,11-12,16H,6-9H2,(H,17,18)/t11-,12+/m0/s1. The molecule has 1 aromatic rings. The lowest BCUT2D eigenvalue weighted by atomic mass is 9.95. The first-order valence-corrected chi connectivity index (χ1v) is 6.44. The van der Waals surface area contributed by atoms with Crippen molar-refractivity contribution in [2.24, 2.45) is 5.92 Å². The molecular formula is C14H17NO5. The number of ether oxygens (including phenoxy) is 1. The van der Waals surface area contributed by atoms with Crippen molar-refractivity contribution in [3.8, 4) is 0 Å². The number of hydrogen-bond donors (Lipinski definition) is 2. The minimum Gasteiger partial charge on any atom is -0.481 e. The van der Waals surface area contributed by atoms with E-state index in [4.69, 9.17) is 9.84 Å². The average Bonchev–Trinajstić information content (AvgIpc) is 2.46. The summed E-state index contributed by atoms with van der Waals surface area (Å²) in [5.41, 5.74) is 0.868. The van der Waals surface area contributed by atoms with Gasteiger partial charge in [-0.25, -0.2) is 4.79 Å². The van der Waals surface area contributed by atoms with E-state index < -0.39 is 24.1 Å². The lowest BCUT2D eigenvalue weighted by molar-refractivity contribution is -0.148. The van der Waals surface area contributed by atoms with Crippen molar-refractivity contribution in [2.75, 3.05) is 13.1 Å². The van der Waals surface area contributed by atoms with Crippen LogP contribution < -0.4 is 0 Å². The average molecular weight is 279 g/mol. The van der Waals surface area contributed by atoms with Gasteiger partial charge in [0, 0.05) is 13.1 Å². The number of aliphatic carboxylic acids is 1. The number of likely N-dealkylation sites (tertiary alicyclic amines) is 1. The van der Waals surface area contributed by atoms with E-state index >= 15 is 0 Å². The quantitative estimate of drug-likeness (QED) is 0.865. The van der Waals surface area contributed by atoms with Gasteiger partial charge >= 0.3 is 12.1 Å². The zero-order chi connectivity index (χ0) is 14.5. The number of rotatable bonds is 3. The molecule has 1 aliphatic heterocycles. The van der Waals surface area contributed by atoms with E-state index in [1.165, 1.54) is 4.90 Å². The molecule has 0 aliphatic carbocycles. The molecule has 0 unspecified atom stereocenters. The molecule has 1 amide bonds. The van der Waals surface area contributed by atoms with Gasteiger partial charge in [-0.15, -0.1) is 0 Å².